The summed E-state index contributed by atoms with van der Waals surface area (Å²) in [6.45, 7) is 0.173. The molecule has 0 fully saturated rings. The Balaban J connectivity index is 2.05. The fourth-order valence-electron chi connectivity index (χ4n) is 3.02. The number of halogens is 3. The molecule has 160 valence electrons. The smallest absolute Gasteiger partial charge is 0.405 e. The number of fused-ring (bicyclic) bond motifs is 1. The SMILES string of the molecule is COc1cc(-c2cnc3cc(C(C)O)ccn23)cc(OC)c1C(=O)NCC(F)(F)F. The van der Waals surface area contributed by atoms with Crippen molar-refractivity contribution >= 4 is 11.6 Å². The van der Waals surface area contributed by atoms with Crippen LogP contribution in [0.5, 0.6) is 11.5 Å². The first-order chi connectivity index (χ1) is 14.1. The van der Waals surface area contributed by atoms with Crippen molar-refractivity contribution in [3.05, 3.63) is 47.8 Å². The summed E-state index contributed by atoms with van der Waals surface area (Å²) in [7, 11) is 2.62. The zero-order valence-corrected chi connectivity index (χ0v) is 16.4. The minimum atomic E-state index is -4.54. The maximum Gasteiger partial charge on any atom is 0.405 e. The third kappa shape index (κ3) is 4.33. The maximum atomic E-state index is 12.5. The van der Waals surface area contributed by atoms with Crippen LogP contribution in [0.1, 0.15) is 28.9 Å². The van der Waals surface area contributed by atoms with Crippen molar-refractivity contribution in [1.29, 1.82) is 0 Å². The number of pyridine rings is 1. The lowest BCUT2D eigenvalue weighted by Crippen LogP contribution is -2.34. The second-order valence-electron chi connectivity index (χ2n) is 6.56. The molecule has 2 heterocycles. The molecule has 7 nitrogen and oxygen atoms in total. The molecule has 1 amide bonds. The largest absolute Gasteiger partial charge is 0.496 e. The number of alkyl halides is 3. The minimum absolute atomic E-state index is 0.0552. The molecule has 3 rings (SSSR count). The second-order valence-corrected chi connectivity index (χ2v) is 6.56. The lowest BCUT2D eigenvalue weighted by Gasteiger charge is -2.16. The third-order valence-electron chi connectivity index (χ3n) is 4.50. The monoisotopic (exact) mass is 423 g/mol. The quantitative estimate of drug-likeness (QED) is 0.635. The Morgan fingerprint density at radius 2 is 1.87 bits per heavy atom. The molecule has 1 atom stereocenters. The molecule has 10 heteroatoms. The van der Waals surface area contributed by atoms with Gasteiger partial charge in [-0.1, -0.05) is 0 Å². The molecular weight excluding hydrogens is 403 g/mol. The molecular formula is C20H20F3N3O4. The van der Waals surface area contributed by atoms with Gasteiger partial charge in [-0.05, 0) is 36.8 Å². The Kier molecular flexibility index (Phi) is 5.88. The van der Waals surface area contributed by atoms with Crippen molar-refractivity contribution < 1.29 is 32.5 Å². The van der Waals surface area contributed by atoms with E-state index in [9.17, 15) is 23.1 Å². The van der Waals surface area contributed by atoms with E-state index in [4.69, 9.17) is 9.47 Å². The van der Waals surface area contributed by atoms with Crippen LogP contribution < -0.4 is 14.8 Å². The number of imidazole rings is 1. The van der Waals surface area contributed by atoms with Crippen LogP contribution in [-0.2, 0) is 0 Å². The van der Waals surface area contributed by atoms with E-state index < -0.39 is 24.7 Å². The molecule has 0 saturated heterocycles. The lowest BCUT2D eigenvalue weighted by atomic mass is 10.1. The van der Waals surface area contributed by atoms with Crippen molar-refractivity contribution in [2.75, 3.05) is 20.8 Å². The van der Waals surface area contributed by atoms with Crippen molar-refractivity contribution in [3.63, 3.8) is 0 Å². The standard InChI is InChI=1S/C20H20F3N3O4/c1-11(27)12-4-5-26-14(9-24-17(26)8-12)13-6-15(29-2)18(16(7-13)30-3)19(28)25-10-20(21,22)23/h4-9,11,27H,10H2,1-3H3,(H,25,28). The highest BCUT2D eigenvalue weighted by Gasteiger charge is 2.30. The van der Waals surface area contributed by atoms with Crippen LogP contribution in [0.15, 0.2) is 36.7 Å². The summed E-state index contributed by atoms with van der Waals surface area (Å²) >= 11 is 0. The Morgan fingerprint density at radius 3 is 2.40 bits per heavy atom. The fraction of sp³-hybridized carbons (Fsp3) is 0.300. The van der Waals surface area contributed by atoms with Gasteiger partial charge in [-0.25, -0.2) is 4.98 Å². The first-order valence-electron chi connectivity index (χ1n) is 8.91. The average molecular weight is 423 g/mol. The van der Waals surface area contributed by atoms with Gasteiger partial charge in [-0.2, -0.15) is 13.2 Å². The van der Waals surface area contributed by atoms with Crippen LogP contribution in [-0.4, -0.2) is 47.3 Å². The first-order valence-corrected chi connectivity index (χ1v) is 8.91. The number of hydrogen-bond donors (Lipinski definition) is 2. The predicted molar refractivity (Wildman–Crippen MR) is 103 cm³/mol. The molecule has 0 aliphatic rings. The van der Waals surface area contributed by atoms with Crippen molar-refractivity contribution in [2.24, 2.45) is 0 Å². The number of aromatic nitrogens is 2. The first kappa shape index (κ1) is 21.4. The minimum Gasteiger partial charge on any atom is -0.496 e. The number of nitrogens with zero attached hydrogens (tertiary/aromatic N) is 2. The molecule has 30 heavy (non-hydrogen) atoms. The summed E-state index contributed by atoms with van der Waals surface area (Å²) in [5.41, 5.74) is 2.37. The van der Waals surface area contributed by atoms with Crippen molar-refractivity contribution in [3.8, 4) is 22.8 Å². The van der Waals surface area contributed by atoms with Gasteiger partial charge in [0.25, 0.3) is 5.91 Å². The Morgan fingerprint density at radius 1 is 1.23 bits per heavy atom. The number of carbonyl (C=O) groups excluding carboxylic acids is 1. The number of nitrogens with one attached hydrogen (secondary N) is 1. The molecule has 0 saturated carbocycles. The number of benzene rings is 1. The molecule has 0 aliphatic carbocycles. The highest BCUT2D eigenvalue weighted by molar-refractivity contribution is 6.00. The van der Waals surface area contributed by atoms with E-state index in [0.717, 1.165) is 0 Å². The average Bonchev–Trinajstić information content (AvgIpc) is 3.13. The van der Waals surface area contributed by atoms with Gasteiger partial charge >= 0.3 is 6.18 Å². The fourth-order valence-corrected chi connectivity index (χ4v) is 3.02. The zero-order chi connectivity index (χ0) is 22.1. The number of aliphatic hydroxyl groups excluding tert-OH is 1. The molecule has 1 aromatic carbocycles. The summed E-state index contributed by atoms with van der Waals surface area (Å²) in [4.78, 5) is 16.7. The van der Waals surface area contributed by atoms with Crippen LogP contribution in [0, 0.1) is 0 Å². The highest BCUT2D eigenvalue weighted by Crippen LogP contribution is 2.35. The van der Waals surface area contributed by atoms with Gasteiger partial charge in [0.1, 0.15) is 29.3 Å². The van der Waals surface area contributed by atoms with E-state index in [1.165, 1.54) is 26.4 Å². The van der Waals surface area contributed by atoms with E-state index in [2.05, 4.69) is 4.98 Å². The van der Waals surface area contributed by atoms with Crippen LogP contribution in [0.3, 0.4) is 0 Å². The maximum absolute atomic E-state index is 12.5. The Hall–Kier alpha value is -3.27. The Bertz CT molecular complexity index is 1050. The zero-order valence-electron chi connectivity index (χ0n) is 16.4. The van der Waals surface area contributed by atoms with Crippen molar-refractivity contribution in [2.45, 2.75) is 19.2 Å². The lowest BCUT2D eigenvalue weighted by molar-refractivity contribution is -0.123. The number of carbonyl (C=O) groups is 1. The normalized spacial score (nSPS) is 12.6. The van der Waals surface area contributed by atoms with Gasteiger partial charge in [0, 0.05) is 11.8 Å². The van der Waals surface area contributed by atoms with E-state index in [-0.39, 0.29) is 17.1 Å². The molecule has 0 bridgehead atoms. The second kappa shape index (κ2) is 8.23. The summed E-state index contributed by atoms with van der Waals surface area (Å²) in [5.74, 6) is -0.855. The number of hydrogen-bond acceptors (Lipinski definition) is 5. The molecule has 2 aromatic heterocycles. The predicted octanol–water partition coefficient (Wildman–Crippen LogP) is 3.36. The van der Waals surface area contributed by atoms with E-state index in [1.54, 1.807) is 35.9 Å². The van der Waals surface area contributed by atoms with Crippen LogP contribution in [0.25, 0.3) is 16.9 Å². The van der Waals surface area contributed by atoms with Gasteiger partial charge in [-0.15, -0.1) is 0 Å². The van der Waals surface area contributed by atoms with E-state index in [1.807, 2.05) is 5.32 Å². The molecule has 0 aliphatic heterocycles. The number of aliphatic hydroxyl groups is 1. The van der Waals surface area contributed by atoms with E-state index in [0.29, 0.717) is 22.5 Å². The Labute approximate surface area is 170 Å². The summed E-state index contributed by atoms with van der Waals surface area (Å²) in [5, 5.41) is 11.6. The number of amides is 1. The van der Waals surface area contributed by atoms with Crippen LogP contribution in [0.4, 0.5) is 13.2 Å². The van der Waals surface area contributed by atoms with Gasteiger partial charge in [-0.3, -0.25) is 9.20 Å². The molecule has 2 N–H and O–H groups in total. The van der Waals surface area contributed by atoms with Gasteiger partial charge in [0.15, 0.2) is 0 Å². The molecule has 1 unspecified atom stereocenters. The summed E-state index contributed by atoms with van der Waals surface area (Å²) in [6.07, 6.45) is -1.86. The van der Waals surface area contributed by atoms with Gasteiger partial charge in [0.2, 0.25) is 0 Å². The van der Waals surface area contributed by atoms with E-state index >= 15 is 0 Å². The third-order valence-corrected chi connectivity index (χ3v) is 4.50. The summed E-state index contributed by atoms with van der Waals surface area (Å²) in [6, 6.07) is 6.53. The summed E-state index contributed by atoms with van der Waals surface area (Å²) < 4.78 is 49.7. The molecule has 0 radical (unpaired) electrons. The number of rotatable bonds is 6. The number of ether oxygens (including phenoxy) is 2. The molecule has 0 spiro atoms. The van der Waals surface area contributed by atoms with Crippen LogP contribution in [0.2, 0.25) is 0 Å². The molecule has 3 aromatic rings. The highest BCUT2D eigenvalue weighted by atomic mass is 19.4. The van der Waals surface area contributed by atoms with Crippen molar-refractivity contribution in [1.82, 2.24) is 14.7 Å². The topological polar surface area (TPSA) is 85.1 Å². The van der Waals surface area contributed by atoms with Crippen LogP contribution >= 0.6 is 0 Å². The van der Waals surface area contributed by atoms with Gasteiger partial charge in [0.05, 0.1) is 32.2 Å². The van der Waals surface area contributed by atoms with Gasteiger partial charge < -0.3 is 19.9 Å². The number of methoxy groups -OCH3 is 2.